The first-order valence-electron chi connectivity index (χ1n) is 6.33. The van der Waals surface area contributed by atoms with Gasteiger partial charge >= 0.3 is 12.0 Å². The molecule has 2 rings (SSSR count). The van der Waals surface area contributed by atoms with Crippen LogP contribution < -0.4 is 10.6 Å². The molecule has 0 spiro atoms. The Hall–Kier alpha value is -1.89. The van der Waals surface area contributed by atoms with Crippen LogP contribution in [-0.4, -0.2) is 23.1 Å². The molecule has 1 aromatic rings. The largest absolute Gasteiger partial charge is 0.481 e. The van der Waals surface area contributed by atoms with Crippen LogP contribution in [0, 0.1) is 17.6 Å². The molecule has 0 bridgehead atoms. The van der Waals surface area contributed by atoms with E-state index in [1.54, 1.807) is 0 Å². The Bertz CT molecular complexity index is 560. The Morgan fingerprint density at radius 2 is 2.00 bits per heavy atom. The van der Waals surface area contributed by atoms with E-state index in [0.717, 1.165) is 6.07 Å². The molecule has 8 heteroatoms. The molecule has 1 saturated carbocycles. The SMILES string of the molecule is O=C(Nc1c(F)cc(F)cc1Cl)NC1CCCC1C(=O)O. The van der Waals surface area contributed by atoms with Crippen molar-refractivity contribution < 1.29 is 23.5 Å². The minimum Gasteiger partial charge on any atom is -0.481 e. The van der Waals surface area contributed by atoms with Gasteiger partial charge in [-0.25, -0.2) is 13.6 Å². The minimum absolute atomic E-state index is 0.274. The lowest BCUT2D eigenvalue weighted by molar-refractivity contribution is -0.142. The lowest BCUT2D eigenvalue weighted by Crippen LogP contribution is -2.42. The van der Waals surface area contributed by atoms with Gasteiger partial charge in [0, 0.05) is 12.1 Å². The van der Waals surface area contributed by atoms with E-state index < -0.39 is 35.6 Å². The molecule has 2 unspecified atom stereocenters. The highest BCUT2D eigenvalue weighted by Gasteiger charge is 2.34. The number of hydrogen-bond acceptors (Lipinski definition) is 2. The van der Waals surface area contributed by atoms with Crippen LogP contribution in [-0.2, 0) is 4.79 Å². The van der Waals surface area contributed by atoms with Gasteiger partial charge in [0.05, 0.1) is 16.6 Å². The van der Waals surface area contributed by atoms with E-state index in [0.29, 0.717) is 25.3 Å². The highest BCUT2D eigenvalue weighted by atomic mass is 35.5. The zero-order chi connectivity index (χ0) is 15.6. The van der Waals surface area contributed by atoms with Crippen molar-refractivity contribution in [3.8, 4) is 0 Å². The van der Waals surface area contributed by atoms with E-state index in [4.69, 9.17) is 16.7 Å². The number of hydrogen-bond donors (Lipinski definition) is 3. The van der Waals surface area contributed by atoms with Crippen molar-refractivity contribution in [2.24, 2.45) is 5.92 Å². The Kier molecular flexibility index (Phi) is 4.62. The van der Waals surface area contributed by atoms with Crippen molar-refractivity contribution in [2.45, 2.75) is 25.3 Å². The van der Waals surface area contributed by atoms with Crippen LogP contribution in [0.15, 0.2) is 12.1 Å². The van der Waals surface area contributed by atoms with E-state index in [2.05, 4.69) is 10.6 Å². The zero-order valence-corrected chi connectivity index (χ0v) is 11.6. The predicted molar refractivity (Wildman–Crippen MR) is 72.3 cm³/mol. The van der Waals surface area contributed by atoms with Gasteiger partial charge in [0.1, 0.15) is 5.82 Å². The molecule has 1 aliphatic rings. The molecule has 0 saturated heterocycles. The molecule has 0 radical (unpaired) electrons. The number of amides is 2. The summed E-state index contributed by atoms with van der Waals surface area (Å²) in [7, 11) is 0. The number of nitrogens with one attached hydrogen (secondary N) is 2. The summed E-state index contributed by atoms with van der Waals surface area (Å²) in [6.07, 6.45) is 1.70. The van der Waals surface area contributed by atoms with Crippen LogP contribution >= 0.6 is 11.6 Å². The molecule has 21 heavy (non-hydrogen) atoms. The topological polar surface area (TPSA) is 78.4 Å². The zero-order valence-electron chi connectivity index (χ0n) is 10.8. The van der Waals surface area contributed by atoms with Crippen molar-refractivity contribution in [2.75, 3.05) is 5.32 Å². The van der Waals surface area contributed by atoms with E-state index in [1.807, 2.05) is 0 Å². The first-order chi connectivity index (χ1) is 9.88. The van der Waals surface area contributed by atoms with E-state index >= 15 is 0 Å². The van der Waals surface area contributed by atoms with Gasteiger partial charge in [-0.1, -0.05) is 18.0 Å². The standard InChI is InChI=1S/C13H13ClF2N2O3/c14-8-4-6(15)5-9(16)11(8)18-13(21)17-10-3-1-2-7(10)12(19)20/h4-5,7,10H,1-3H2,(H,19,20)(H2,17,18,21). The van der Waals surface area contributed by atoms with Crippen LogP contribution in [0.2, 0.25) is 5.02 Å². The first kappa shape index (κ1) is 15.5. The maximum Gasteiger partial charge on any atom is 0.319 e. The van der Waals surface area contributed by atoms with Crippen LogP contribution in [0.4, 0.5) is 19.3 Å². The minimum atomic E-state index is -1.00. The lowest BCUT2D eigenvalue weighted by atomic mass is 10.0. The van der Waals surface area contributed by atoms with Gasteiger partial charge < -0.3 is 15.7 Å². The van der Waals surface area contributed by atoms with Gasteiger partial charge in [-0.3, -0.25) is 4.79 Å². The Labute approximate surface area is 124 Å². The van der Waals surface area contributed by atoms with Crippen molar-refractivity contribution in [1.29, 1.82) is 0 Å². The summed E-state index contributed by atoms with van der Waals surface area (Å²) in [5, 5.41) is 13.4. The molecular weight excluding hydrogens is 306 g/mol. The third kappa shape index (κ3) is 3.60. The predicted octanol–water partition coefficient (Wildman–Crippen LogP) is 2.99. The maximum atomic E-state index is 13.5. The van der Waals surface area contributed by atoms with Crippen molar-refractivity contribution in [3.05, 3.63) is 28.8 Å². The highest BCUT2D eigenvalue weighted by Crippen LogP contribution is 2.28. The summed E-state index contributed by atoms with van der Waals surface area (Å²) >= 11 is 5.66. The summed E-state index contributed by atoms with van der Waals surface area (Å²) in [6, 6.07) is 0.165. The van der Waals surface area contributed by atoms with E-state index in [-0.39, 0.29) is 10.7 Å². The van der Waals surface area contributed by atoms with Crippen LogP contribution in [0.25, 0.3) is 0 Å². The first-order valence-corrected chi connectivity index (χ1v) is 6.71. The summed E-state index contributed by atoms with van der Waals surface area (Å²) in [6.45, 7) is 0. The highest BCUT2D eigenvalue weighted by molar-refractivity contribution is 6.33. The van der Waals surface area contributed by atoms with Gasteiger partial charge in [0.25, 0.3) is 0 Å². The Morgan fingerprint density at radius 1 is 1.29 bits per heavy atom. The molecule has 0 aliphatic heterocycles. The second kappa shape index (κ2) is 6.26. The monoisotopic (exact) mass is 318 g/mol. The lowest BCUT2D eigenvalue weighted by Gasteiger charge is -2.18. The summed E-state index contributed by atoms with van der Waals surface area (Å²) < 4.78 is 26.4. The fourth-order valence-corrected chi connectivity index (χ4v) is 2.65. The smallest absolute Gasteiger partial charge is 0.319 e. The van der Waals surface area contributed by atoms with Gasteiger partial charge in [-0.05, 0) is 18.9 Å². The molecule has 2 atom stereocenters. The third-order valence-corrected chi connectivity index (χ3v) is 3.69. The fourth-order valence-electron chi connectivity index (χ4n) is 2.41. The normalized spacial score (nSPS) is 21.1. The average molecular weight is 319 g/mol. The molecule has 114 valence electrons. The van der Waals surface area contributed by atoms with Gasteiger partial charge in [-0.2, -0.15) is 0 Å². The van der Waals surface area contributed by atoms with Gasteiger partial charge in [0.15, 0.2) is 5.82 Å². The molecule has 1 aliphatic carbocycles. The average Bonchev–Trinajstić information content (AvgIpc) is 2.82. The Balaban J connectivity index is 2.04. The number of benzene rings is 1. The number of anilines is 1. The number of aliphatic carboxylic acids is 1. The maximum absolute atomic E-state index is 13.5. The molecule has 3 N–H and O–H groups in total. The third-order valence-electron chi connectivity index (χ3n) is 3.40. The molecule has 1 fully saturated rings. The molecule has 0 aromatic heterocycles. The number of carboxylic acid groups (broad SMARTS) is 1. The number of carboxylic acids is 1. The van der Waals surface area contributed by atoms with Crippen molar-refractivity contribution in [1.82, 2.24) is 5.32 Å². The van der Waals surface area contributed by atoms with Crippen molar-refractivity contribution in [3.63, 3.8) is 0 Å². The second-order valence-electron chi connectivity index (χ2n) is 4.83. The van der Waals surface area contributed by atoms with Crippen LogP contribution in [0.1, 0.15) is 19.3 Å². The molecular formula is C13H13ClF2N2O3. The fraction of sp³-hybridized carbons (Fsp3) is 0.385. The number of carbonyl (C=O) groups excluding carboxylic acids is 1. The van der Waals surface area contributed by atoms with Crippen LogP contribution in [0.5, 0.6) is 0 Å². The van der Waals surface area contributed by atoms with Crippen molar-refractivity contribution >= 4 is 29.3 Å². The van der Waals surface area contributed by atoms with Gasteiger partial charge in [-0.15, -0.1) is 0 Å². The summed E-state index contributed by atoms with van der Waals surface area (Å²) in [5.41, 5.74) is -0.347. The van der Waals surface area contributed by atoms with Gasteiger partial charge in [0.2, 0.25) is 0 Å². The molecule has 1 aromatic carbocycles. The molecule has 2 amide bonds. The molecule has 0 heterocycles. The number of urea groups is 1. The summed E-state index contributed by atoms with van der Waals surface area (Å²) in [5.74, 6) is -3.50. The number of carbonyl (C=O) groups is 2. The number of halogens is 3. The second-order valence-corrected chi connectivity index (χ2v) is 5.23. The Morgan fingerprint density at radius 3 is 2.62 bits per heavy atom. The quantitative estimate of drug-likeness (QED) is 0.801. The van der Waals surface area contributed by atoms with E-state index in [1.165, 1.54) is 0 Å². The number of rotatable bonds is 3. The van der Waals surface area contributed by atoms with Crippen LogP contribution in [0.3, 0.4) is 0 Å². The summed E-state index contributed by atoms with van der Waals surface area (Å²) in [4.78, 5) is 22.8. The van der Waals surface area contributed by atoms with E-state index in [9.17, 15) is 18.4 Å². The molecule has 5 nitrogen and oxygen atoms in total.